The Morgan fingerprint density at radius 3 is 2.44 bits per heavy atom. The first kappa shape index (κ1) is 14.9. The molecule has 0 heterocycles. The van der Waals surface area contributed by atoms with E-state index in [2.05, 4.69) is 0 Å². The third-order valence-electron chi connectivity index (χ3n) is 2.91. The molecule has 0 fully saturated rings. The minimum Gasteiger partial charge on any atom is -0.427 e. The molecule has 0 saturated heterocycles. The topological polar surface area (TPSA) is 83.6 Å². The van der Waals surface area contributed by atoms with Crippen LogP contribution in [-0.4, -0.2) is 29.0 Å². The average Bonchev–Trinajstić information content (AvgIpc) is 2.29. The Balaban J connectivity index is 2.64. The van der Waals surface area contributed by atoms with Gasteiger partial charge in [-0.15, -0.1) is 0 Å². The van der Waals surface area contributed by atoms with Crippen LogP contribution in [0.5, 0.6) is 0 Å². The Morgan fingerprint density at radius 2 is 1.94 bits per heavy atom. The number of hydrogen-bond acceptors (Lipinski definition) is 4. The standard InChI is InChI=1S/C13H20BNO3/c1-10(15)13(16)8-12(9-14(17)18)7-11-5-3-2-4-6-11/h2-6,10,12,17-18H,7-9,15H2,1H3/t10-,12-/m0/s1. The first-order valence-corrected chi connectivity index (χ1v) is 6.17. The van der Waals surface area contributed by atoms with E-state index < -0.39 is 13.2 Å². The fourth-order valence-corrected chi connectivity index (χ4v) is 1.95. The first-order chi connectivity index (χ1) is 8.49. The number of Topliss-reactive ketones (excluding diaryl/α,β-unsaturated/α-hetero) is 1. The maximum atomic E-state index is 11.6. The highest BCUT2D eigenvalue weighted by molar-refractivity contribution is 6.41. The van der Waals surface area contributed by atoms with Crippen molar-refractivity contribution in [3.05, 3.63) is 35.9 Å². The largest absolute Gasteiger partial charge is 0.451 e. The van der Waals surface area contributed by atoms with Gasteiger partial charge < -0.3 is 15.8 Å². The van der Waals surface area contributed by atoms with Gasteiger partial charge in [-0.3, -0.25) is 4.79 Å². The number of hydrogen-bond donors (Lipinski definition) is 3. The van der Waals surface area contributed by atoms with Gasteiger partial charge in [0, 0.05) is 6.42 Å². The Kier molecular flexibility index (Phi) is 6.05. The van der Waals surface area contributed by atoms with Crippen LogP contribution in [0.2, 0.25) is 6.32 Å². The molecule has 0 saturated carbocycles. The van der Waals surface area contributed by atoms with Gasteiger partial charge >= 0.3 is 7.12 Å². The molecule has 2 atom stereocenters. The predicted molar refractivity (Wildman–Crippen MR) is 71.9 cm³/mol. The molecule has 0 aromatic heterocycles. The van der Waals surface area contributed by atoms with Crippen LogP contribution in [0.1, 0.15) is 18.9 Å². The zero-order valence-corrected chi connectivity index (χ0v) is 10.6. The van der Waals surface area contributed by atoms with Crippen molar-refractivity contribution in [2.75, 3.05) is 0 Å². The van der Waals surface area contributed by atoms with Gasteiger partial charge in [-0.05, 0) is 31.1 Å². The Bertz CT molecular complexity index is 368. The van der Waals surface area contributed by atoms with E-state index in [0.717, 1.165) is 5.56 Å². The van der Waals surface area contributed by atoms with Crippen LogP contribution in [0.15, 0.2) is 30.3 Å². The number of rotatable bonds is 7. The van der Waals surface area contributed by atoms with Crippen molar-refractivity contribution < 1.29 is 14.8 Å². The average molecular weight is 249 g/mol. The lowest BCUT2D eigenvalue weighted by atomic mass is 9.74. The normalized spacial score (nSPS) is 14.0. The molecule has 4 nitrogen and oxygen atoms in total. The first-order valence-electron chi connectivity index (χ1n) is 6.17. The molecule has 0 aliphatic rings. The van der Waals surface area contributed by atoms with E-state index in [0.29, 0.717) is 6.42 Å². The van der Waals surface area contributed by atoms with Crippen molar-refractivity contribution in [1.29, 1.82) is 0 Å². The molecule has 0 unspecified atom stereocenters. The van der Waals surface area contributed by atoms with Crippen molar-refractivity contribution in [2.45, 2.75) is 32.1 Å². The fraction of sp³-hybridized carbons (Fsp3) is 0.462. The summed E-state index contributed by atoms with van der Waals surface area (Å²) >= 11 is 0. The molecule has 0 aliphatic carbocycles. The van der Waals surface area contributed by atoms with E-state index in [4.69, 9.17) is 15.8 Å². The molecule has 0 bridgehead atoms. The van der Waals surface area contributed by atoms with Crippen LogP contribution in [0.25, 0.3) is 0 Å². The molecule has 1 aromatic rings. The monoisotopic (exact) mass is 249 g/mol. The van der Waals surface area contributed by atoms with Crippen LogP contribution in [0, 0.1) is 5.92 Å². The van der Waals surface area contributed by atoms with E-state index in [-0.39, 0.29) is 24.4 Å². The molecule has 0 aliphatic heterocycles. The highest BCUT2D eigenvalue weighted by atomic mass is 16.4. The molecule has 0 radical (unpaired) electrons. The van der Waals surface area contributed by atoms with Gasteiger partial charge in [0.05, 0.1) is 6.04 Å². The predicted octanol–water partition coefficient (Wildman–Crippen LogP) is 0.624. The molecule has 4 N–H and O–H groups in total. The summed E-state index contributed by atoms with van der Waals surface area (Å²) in [6.07, 6.45) is 1.12. The van der Waals surface area contributed by atoms with Gasteiger partial charge in [0.2, 0.25) is 0 Å². The number of nitrogens with two attached hydrogens (primary N) is 1. The molecule has 98 valence electrons. The van der Waals surface area contributed by atoms with Gasteiger partial charge in [0.15, 0.2) is 0 Å². The third-order valence-corrected chi connectivity index (χ3v) is 2.91. The summed E-state index contributed by atoms with van der Waals surface area (Å²) in [6.45, 7) is 1.65. The zero-order valence-electron chi connectivity index (χ0n) is 10.6. The number of benzene rings is 1. The lowest BCUT2D eigenvalue weighted by Crippen LogP contribution is -2.30. The van der Waals surface area contributed by atoms with Crippen molar-refractivity contribution in [3.63, 3.8) is 0 Å². The van der Waals surface area contributed by atoms with Crippen molar-refractivity contribution in [1.82, 2.24) is 0 Å². The Labute approximate surface area is 108 Å². The highest BCUT2D eigenvalue weighted by Gasteiger charge is 2.21. The fourth-order valence-electron chi connectivity index (χ4n) is 1.95. The Morgan fingerprint density at radius 1 is 1.33 bits per heavy atom. The molecular formula is C13H20BNO3. The zero-order chi connectivity index (χ0) is 13.5. The summed E-state index contributed by atoms with van der Waals surface area (Å²) < 4.78 is 0. The maximum absolute atomic E-state index is 11.6. The lowest BCUT2D eigenvalue weighted by Gasteiger charge is -2.17. The van der Waals surface area contributed by atoms with Gasteiger partial charge in [0.25, 0.3) is 0 Å². The summed E-state index contributed by atoms with van der Waals surface area (Å²) in [5.41, 5.74) is 6.62. The van der Waals surface area contributed by atoms with Crippen LogP contribution in [0.4, 0.5) is 0 Å². The Hall–Kier alpha value is -1.17. The summed E-state index contributed by atoms with van der Waals surface area (Å²) in [4.78, 5) is 11.6. The lowest BCUT2D eigenvalue weighted by molar-refractivity contribution is -0.120. The van der Waals surface area contributed by atoms with Crippen molar-refractivity contribution >= 4 is 12.9 Å². The van der Waals surface area contributed by atoms with E-state index in [1.54, 1.807) is 6.92 Å². The summed E-state index contributed by atoms with van der Waals surface area (Å²) in [7, 11) is -1.39. The van der Waals surface area contributed by atoms with Crippen LogP contribution >= 0.6 is 0 Å². The van der Waals surface area contributed by atoms with Gasteiger partial charge in [0.1, 0.15) is 5.78 Å². The second-order valence-electron chi connectivity index (χ2n) is 4.73. The maximum Gasteiger partial charge on any atom is 0.451 e. The second-order valence-corrected chi connectivity index (χ2v) is 4.73. The van der Waals surface area contributed by atoms with E-state index in [1.165, 1.54) is 0 Å². The molecule has 18 heavy (non-hydrogen) atoms. The minimum absolute atomic E-state index is 0.0448. The van der Waals surface area contributed by atoms with Crippen LogP contribution < -0.4 is 5.73 Å². The quantitative estimate of drug-likeness (QED) is 0.619. The van der Waals surface area contributed by atoms with E-state index in [1.807, 2.05) is 30.3 Å². The molecule has 0 spiro atoms. The third kappa shape index (κ3) is 5.45. The summed E-state index contributed by atoms with van der Waals surface area (Å²) in [5, 5.41) is 18.1. The van der Waals surface area contributed by atoms with E-state index in [9.17, 15) is 4.79 Å². The van der Waals surface area contributed by atoms with Crippen molar-refractivity contribution in [3.8, 4) is 0 Å². The number of carbonyl (C=O) groups is 1. The van der Waals surface area contributed by atoms with Crippen LogP contribution in [-0.2, 0) is 11.2 Å². The summed E-state index contributed by atoms with van der Waals surface area (Å²) in [6, 6.07) is 9.20. The second kappa shape index (κ2) is 7.31. The molecule has 5 heteroatoms. The number of carbonyl (C=O) groups excluding carboxylic acids is 1. The van der Waals surface area contributed by atoms with Crippen molar-refractivity contribution in [2.24, 2.45) is 11.7 Å². The molecular weight excluding hydrogens is 229 g/mol. The highest BCUT2D eigenvalue weighted by Crippen LogP contribution is 2.18. The smallest absolute Gasteiger partial charge is 0.427 e. The SMILES string of the molecule is C[C@H](N)C(=O)C[C@@H](CB(O)O)Cc1ccccc1. The molecule has 0 amide bonds. The summed E-state index contributed by atoms with van der Waals surface area (Å²) in [5.74, 6) is -0.137. The van der Waals surface area contributed by atoms with Crippen LogP contribution in [0.3, 0.4) is 0 Å². The van der Waals surface area contributed by atoms with Gasteiger partial charge in [-0.25, -0.2) is 0 Å². The van der Waals surface area contributed by atoms with E-state index >= 15 is 0 Å². The molecule has 1 aromatic carbocycles. The van der Waals surface area contributed by atoms with Gasteiger partial charge in [-0.2, -0.15) is 0 Å². The molecule has 1 rings (SSSR count). The number of ketones is 1. The minimum atomic E-state index is -1.39. The van der Waals surface area contributed by atoms with Gasteiger partial charge in [-0.1, -0.05) is 30.3 Å².